The molecule has 1 N–H and O–H groups in total. The summed E-state index contributed by atoms with van der Waals surface area (Å²) in [5.41, 5.74) is 2.03. The smallest absolute Gasteiger partial charge is 0.255 e. The second-order valence-corrected chi connectivity index (χ2v) is 6.66. The van der Waals surface area contributed by atoms with Gasteiger partial charge in [-0.1, -0.05) is 40.9 Å². The van der Waals surface area contributed by atoms with E-state index >= 15 is 0 Å². The molecule has 2 rings (SSSR count). The van der Waals surface area contributed by atoms with Crippen molar-refractivity contribution in [3.63, 3.8) is 0 Å². The zero-order chi connectivity index (χ0) is 15.4. The van der Waals surface area contributed by atoms with Crippen LogP contribution in [-0.4, -0.2) is 10.9 Å². The Kier molecular flexibility index (Phi) is 5.79. The Morgan fingerprint density at radius 3 is 2.71 bits per heavy atom. The van der Waals surface area contributed by atoms with Gasteiger partial charge in [0.05, 0.1) is 5.69 Å². The fourth-order valence-electron chi connectivity index (χ4n) is 1.85. The van der Waals surface area contributed by atoms with E-state index in [4.69, 9.17) is 11.6 Å². The van der Waals surface area contributed by atoms with Gasteiger partial charge in [0.15, 0.2) is 0 Å². The van der Waals surface area contributed by atoms with Gasteiger partial charge in [-0.05, 0) is 52.7 Å². The summed E-state index contributed by atoms with van der Waals surface area (Å²) in [5, 5.41) is 3.19. The van der Waals surface area contributed by atoms with Crippen molar-refractivity contribution in [3.05, 3.63) is 55.7 Å². The van der Waals surface area contributed by atoms with Crippen LogP contribution in [0.2, 0.25) is 5.15 Å². The molecular formula is C15H13Br2ClN2O. The molecule has 21 heavy (non-hydrogen) atoms. The Bertz CT molecular complexity index is 677. The minimum atomic E-state index is -0.209. The molecule has 0 radical (unpaired) electrons. The monoisotopic (exact) mass is 430 g/mol. The van der Waals surface area contributed by atoms with Crippen molar-refractivity contribution >= 4 is 55.1 Å². The van der Waals surface area contributed by atoms with Crippen LogP contribution < -0.4 is 5.32 Å². The lowest BCUT2D eigenvalue weighted by Crippen LogP contribution is -2.13. The van der Waals surface area contributed by atoms with Gasteiger partial charge in [0.2, 0.25) is 0 Å². The van der Waals surface area contributed by atoms with Crippen LogP contribution in [0, 0.1) is 0 Å². The van der Waals surface area contributed by atoms with E-state index in [1.54, 1.807) is 12.1 Å². The summed E-state index contributed by atoms with van der Waals surface area (Å²) in [7, 11) is 0. The van der Waals surface area contributed by atoms with E-state index in [0.29, 0.717) is 16.4 Å². The van der Waals surface area contributed by atoms with Crippen molar-refractivity contribution in [1.82, 2.24) is 4.98 Å². The number of rotatable bonds is 4. The number of amides is 1. The highest BCUT2D eigenvalue weighted by Gasteiger charge is 2.11. The molecule has 1 amide bonds. The minimum Gasteiger partial charge on any atom is -0.321 e. The first-order valence-corrected chi connectivity index (χ1v) is 8.39. The quantitative estimate of drug-likeness (QED) is 0.652. The van der Waals surface area contributed by atoms with Crippen molar-refractivity contribution in [2.24, 2.45) is 0 Å². The molecule has 0 saturated carbocycles. The van der Waals surface area contributed by atoms with E-state index < -0.39 is 0 Å². The fraction of sp³-hybridized carbons (Fsp3) is 0.200. The second-order valence-electron chi connectivity index (χ2n) is 4.50. The molecule has 0 unspecified atom stereocenters. The number of carbonyl (C=O) groups is 1. The molecule has 0 atom stereocenters. The molecule has 3 nitrogen and oxygen atoms in total. The van der Waals surface area contributed by atoms with Crippen LogP contribution in [0.3, 0.4) is 0 Å². The lowest BCUT2D eigenvalue weighted by atomic mass is 10.1. The highest BCUT2D eigenvalue weighted by Crippen LogP contribution is 2.26. The van der Waals surface area contributed by atoms with Crippen molar-refractivity contribution in [3.8, 4) is 0 Å². The van der Waals surface area contributed by atoms with Crippen LogP contribution in [0.1, 0.15) is 29.4 Å². The van der Waals surface area contributed by atoms with Gasteiger partial charge in [0.25, 0.3) is 5.91 Å². The van der Waals surface area contributed by atoms with Gasteiger partial charge in [-0.15, -0.1) is 0 Å². The molecule has 0 fully saturated rings. The van der Waals surface area contributed by atoms with Crippen molar-refractivity contribution in [2.45, 2.75) is 19.8 Å². The second kappa shape index (κ2) is 7.38. The number of pyridine rings is 1. The first-order chi connectivity index (χ1) is 9.99. The lowest BCUT2D eigenvalue weighted by molar-refractivity contribution is 0.102. The maximum atomic E-state index is 12.3. The largest absolute Gasteiger partial charge is 0.321 e. The Morgan fingerprint density at radius 2 is 2.05 bits per heavy atom. The predicted octanol–water partition coefficient (Wildman–Crippen LogP) is 5.46. The molecule has 0 aliphatic rings. The number of benzene rings is 1. The highest BCUT2D eigenvalue weighted by atomic mass is 79.9. The van der Waals surface area contributed by atoms with Crippen LogP contribution in [0.25, 0.3) is 0 Å². The molecular weight excluding hydrogens is 419 g/mol. The van der Waals surface area contributed by atoms with Gasteiger partial charge in [-0.25, -0.2) is 4.98 Å². The van der Waals surface area contributed by atoms with Gasteiger partial charge in [0.1, 0.15) is 5.15 Å². The number of carbonyl (C=O) groups excluding carboxylic acids is 1. The third kappa shape index (κ3) is 4.53. The average molecular weight is 433 g/mol. The van der Waals surface area contributed by atoms with Crippen LogP contribution in [0.4, 0.5) is 5.69 Å². The van der Waals surface area contributed by atoms with Gasteiger partial charge < -0.3 is 5.32 Å². The number of halogens is 3. The zero-order valence-electron chi connectivity index (χ0n) is 11.3. The Hall–Kier alpha value is -0.910. The average Bonchev–Trinajstić information content (AvgIpc) is 2.41. The van der Waals surface area contributed by atoms with E-state index in [2.05, 4.69) is 49.1 Å². The van der Waals surface area contributed by atoms with Gasteiger partial charge in [0, 0.05) is 20.2 Å². The van der Waals surface area contributed by atoms with E-state index in [9.17, 15) is 4.79 Å². The number of hydrogen-bond donors (Lipinski definition) is 1. The summed E-state index contributed by atoms with van der Waals surface area (Å²) in [6, 6.07) is 8.90. The molecule has 1 aromatic heterocycles. The summed E-state index contributed by atoms with van der Waals surface area (Å²) in [5.74, 6) is -0.209. The number of aromatic nitrogens is 1. The number of aryl methyl sites for hydroxylation is 1. The summed E-state index contributed by atoms with van der Waals surface area (Å²) >= 11 is 12.8. The number of anilines is 1. The summed E-state index contributed by atoms with van der Waals surface area (Å²) < 4.78 is 1.74. The maximum Gasteiger partial charge on any atom is 0.255 e. The third-order valence-electron chi connectivity index (χ3n) is 2.79. The molecule has 0 spiro atoms. The lowest BCUT2D eigenvalue weighted by Gasteiger charge is -2.09. The van der Waals surface area contributed by atoms with Crippen molar-refractivity contribution in [1.29, 1.82) is 0 Å². The third-order valence-corrected chi connectivity index (χ3v) is 4.14. The highest BCUT2D eigenvalue weighted by molar-refractivity contribution is 9.11. The van der Waals surface area contributed by atoms with E-state index in [1.165, 1.54) is 0 Å². The van der Waals surface area contributed by atoms with E-state index in [1.807, 2.05) is 18.2 Å². The number of hydrogen-bond acceptors (Lipinski definition) is 2. The van der Waals surface area contributed by atoms with Gasteiger partial charge in [-0.2, -0.15) is 0 Å². The van der Waals surface area contributed by atoms with Gasteiger partial charge >= 0.3 is 0 Å². The standard InChI is InChI=1S/C15H13Br2ClN2O/c1-2-3-11-6-9(7-14(18)19-11)15(21)20-13-5-4-10(16)8-12(13)17/h4-8H,2-3H2,1H3,(H,20,21). The summed E-state index contributed by atoms with van der Waals surface area (Å²) in [6.45, 7) is 2.06. The van der Waals surface area contributed by atoms with Crippen molar-refractivity contribution < 1.29 is 4.79 Å². The SMILES string of the molecule is CCCc1cc(C(=O)Nc2ccc(Br)cc2Br)cc(Cl)n1. The van der Waals surface area contributed by atoms with Crippen LogP contribution >= 0.6 is 43.5 Å². The Morgan fingerprint density at radius 1 is 1.29 bits per heavy atom. The number of nitrogens with one attached hydrogen (secondary N) is 1. The molecule has 0 bridgehead atoms. The van der Waals surface area contributed by atoms with E-state index in [-0.39, 0.29) is 5.91 Å². The molecule has 1 heterocycles. The Balaban J connectivity index is 2.23. The molecule has 110 valence electrons. The zero-order valence-corrected chi connectivity index (χ0v) is 15.2. The Labute approximate surface area is 145 Å². The first-order valence-electron chi connectivity index (χ1n) is 6.42. The van der Waals surface area contributed by atoms with Crippen LogP contribution in [0.5, 0.6) is 0 Å². The summed E-state index contributed by atoms with van der Waals surface area (Å²) in [4.78, 5) is 16.5. The van der Waals surface area contributed by atoms with Gasteiger partial charge in [-0.3, -0.25) is 4.79 Å². The molecule has 0 saturated heterocycles. The number of nitrogens with zero attached hydrogens (tertiary/aromatic N) is 1. The maximum absolute atomic E-state index is 12.3. The van der Waals surface area contributed by atoms with E-state index in [0.717, 1.165) is 27.5 Å². The fourth-order valence-corrected chi connectivity index (χ4v) is 3.22. The predicted molar refractivity (Wildman–Crippen MR) is 93.0 cm³/mol. The molecule has 1 aromatic carbocycles. The molecule has 0 aliphatic carbocycles. The van der Waals surface area contributed by atoms with Crippen molar-refractivity contribution in [2.75, 3.05) is 5.32 Å². The molecule has 0 aliphatic heterocycles. The van der Waals surface area contributed by atoms with Crippen LogP contribution in [0.15, 0.2) is 39.3 Å². The first kappa shape index (κ1) is 16.5. The molecule has 6 heteroatoms. The minimum absolute atomic E-state index is 0.209. The molecule has 2 aromatic rings. The van der Waals surface area contributed by atoms with Crippen LogP contribution in [-0.2, 0) is 6.42 Å². The topological polar surface area (TPSA) is 42.0 Å². The normalized spacial score (nSPS) is 10.5. The summed E-state index contributed by atoms with van der Waals surface area (Å²) in [6.07, 6.45) is 1.75.